The van der Waals surface area contributed by atoms with Crippen LogP contribution in [0.15, 0.2) is 36.1 Å². The van der Waals surface area contributed by atoms with Crippen LogP contribution in [0.3, 0.4) is 0 Å². The van der Waals surface area contributed by atoms with Gasteiger partial charge in [-0.1, -0.05) is 0 Å². The van der Waals surface area contributed by atoms with Crippen LogP contribution in [0.1, 0.15) is 13.8 Å². The Hall–Kier alpha value is -2.41. The molecule has 1 aromatic carbocycles. The van der Waals surface area contributed by atoms with E-state index in [1.165, 1.54) is 5.69 Å². The smallest absolute Gasteiger partial charge is 0.224 e. The van der Waals surface area contributed by atoms with Crippen LogP contribution in [-0.2, 0) is 0 Å². The van der Waals surface area contributed by atoms with Gasteiger partial charge in [-0.15, -0.1) is 11.3 Å². The third-order valence-corrected chi connectivity index (χ3v) is 5.10. The Balaban J connectivity index is 1.55. The number of thiazole rings is 1. The van der Waals surface area contributed by atoms with Crippen molar-refractivity contribution in [3.05, 3.63) is 36.1 Å². The molecule has 3 aromatic rings. The molecule has 0 amide bonds. The standard InChI is InChI=1S/C18H21N5OS/c1-13(2)24-17-15-11-14(3-4-16(15)20-12-21-17)22-6-8-23(9-7-22)18-19-5-10-25-18/h3-5,10-13H,6-9H2,1-2H3. The third-order valence-electron chi connectivity index (χ3n) is 4.26. The molecule has 2 aromatic heterocycles. The quantitative estimate of drug-likeness (QED) is 0.716. The number of fused-ring (bicyclic) bond motifs is 1. The first-order valence-electron chi connectivity index (χ1n) is 8.51. The van der Waals surface area contributed by atoms with Crippen LogP contribution in [0, 0.1) is 0 Å². The summed E-state index contributed by atoms with van der Waals surface area (Å²) in [6, 6.07) is 6.33. The second-order valence-electron chi connectivity index (χ2n) is 6.34. The average Bonchev–Trinajstić information content (AvgIpc) is 3.16. The SMILES string of the molecule is CC(C)Oc1ncnc2ccc(N3CCN(c4nccs4)CC3)cc12. The van der Waals surface area contributed by atoms with E-state index in [0.717, 1.165) is 42.2 Å². The number of aromatic nitrogens is 3. The molecule has 0 saturated carbocycles. The van der Waals surface area contributed by atoms with Gasteiger partial charge >= 0.3 is 0 Å². The molecule has 4 rings (SSSR count). The predicted molar refractivity (Wildman–Crippen MR) is 102 cm³/mol. The highest BCUT2D eigenvalue weighted by atomic mass is 32.1. The van der Waals surface area contributed by atoms with Gasteiger partial charge in [0.25, 0.3) is 0 Å². The van der Waals surface area contributed by atoms with Gasteiger partial charge in [0.1, 0.15) is 6.33 Å². The Morgan fingerprint density at radius 3 is 2.56 bits per heavy atom. The molecular formula is C18H21N5OS. The molecule has 3 heterocycles. The van der Waals surface area contributed by atoms with E-state index in [4.69, 9.17) is 4.74 Å². The van der Waals surface area contributed by atoms with Crippen molar-refractivity contribution in [2.45, 2.75) is 20.0 Å². The van der Waals surface area contributed by atoms with E-state index >= 15 is 0 Å². The van der Waals surface area contributed by atoms with Gasteiger partial charge in [0.05, 0.1) is 17.0 Å². The Labute approximate surface area is 151 Å². The highest BCUT2D eigenvalue weighted by molar-refractivity contribution is 7.13. The van der Waals surface area contributed by atoms with Crippen molar-refractivity contribution in [1.82, 2.24) is 15.0 Å². The molecule has 130 valence electrons. The first-order valence-corrected chi connectivity index (χ1v) is 9.39. The van der Waals surface area contributed by atoms with Crippen LogP contribution in [0.5, 0.6) is 5.88 Å². The Morgan fingerprint density at radius 2 is 1.84 bits per heavy atom. The lowest BCUT2D eigenvalue weighted by molar-refractivity contribution is 0.235. The number of ether oxygens (including phenoxy) is 1. The molecule has 0 bridgehead atoms. The minimum atomic E-state index is 0.0867. The topological polar surface area (TPSA) is 54.4 Å². The lowest BCUT2D eigenvalue weighted by Crippen LogP contribution is -2.46. The summed E-state index contributed by atoms with van der Waals surface area (Å²) in [5.74, 6) is 0.656. The van der Waals surface area contributed by atoms with Crippen molar-refractivity contribution in [3.8, 4) is 5.88 Å². The maximum Gasteiger partial charge on any atom is 0.224 e. The van der Waals surface area contributed by atoms with Gasteiger partial charge in [0, 0.05) is 43.4 Å². The molecule has 0 radical (unpaired) electrons. The summed E-state index contributed by atoms with van der Waals surface area (Å²) < 4.78 is 5.85. The first kappa shape index (κ1) is 16.1. The lowest BCUT2D eigenvalue weighted by atomic mass is 10.2. The molecule has 0 spiro atoms. The maximum atomic E-state index is 5.85. The monoisotopic (exact) mass is 355 g/mol. The van der Waals surface area contributed by atoms with Gasteiger partial charge in [0.15, 0.2) is 5.13 Å². The van der Waals surface area contributed by atoms with E-state index < -0.39 is 0 Å². The fourth-order valence-electron chi connectivity index (χ4n) is 3.06. The van der Waals surface area contributed by atoms with Crippen molar-refractivity contribution in [2.24, 2.45) is 0 Å². The second kappa shape index (κ2) is 6.84. The third kappa shape index (κ3) is 3.37. The minimum absolute atomic E-state index is 0.0867. The molecule has 1 saturated heterocycles. The Bertz CT molecular complexity index is 844. The zero-order valence-corrected chi connectivity index (χ0v) is 15.2. The number of hydrogen-bond donors (Lipinski definition) is 0. The molecule has 1 aliphatic heterocycles. The number of nitrogens with zero attached hydrogens (tertiary/aromatic N) is 5. The fourth-order valence-corrected chi connectivity index (χ4v) is 3.76. The summed E-state index contributed by atoms with van der Waals surface area (Å²) in [5, 5.41) is 4.11. The maximum absolute atomic E-state index is 5.85. The van der Waals surface area contributed by atoms with Gasteiger partial charge in [0.2, 0.25) is 5.88 Å². The van der Waals surface area contributed by atoms with Crippen LogP contribution < -0.4 is 14.5 Å². The van der Waals surface area contributed by atoms with E-state index in [-0.39, 0.29) is 6.10 Å². The second-order valence-corrected chi connectivity index (χ2v) is 7.21. The summed E-state index contributed by atoms with van der Waals surface area (Å²) in [6.45, 7) is 7.92. The molecule has 0 unspecified atom stereocenters. The van der Waals surface area contributed by atoms with Gasteiger partial charge in [-0.3, -0.25) is 0 Å². The summed E-state index contributed by atoms with van der Waals surface area (Å²) in [6.07, 6.45) is 3.52. The van der Waals surface area contributed by atoms with Crippen LogP contribution in [-0.4, -0.2) is 47.2 Å². The predicted octanol–water partition coefficient (Wildman–Crippen LogP) is 3.20. The summed E-state index contributed by atoms with van der Waals surface area (Å²) >= 11 is 1.70. The van der Waals surface area contributed by atoms with Gasteiger partial charge in [-0.25, -0.2) is 15.0 Å². The normalized spacial score (nSPS) is 15.2. The molecule has 1 fully saturated rings. The largest absolute Gasteiger partial charge is 0.474 e. The van der Waals surface area contributed by atoms with Crippen LogP contribution in [0.25, 0.3) is 10.9 Å². The minimum Gasteiger partial charge on any atom is -0.474 e. The zero-order chi connectivity index (χ0) is 17.2. The molecule has 1 aliphatic rings. The average molecular weight is 355 g/mol. The fraction of sp³-hybridized carbons (Fsp3) is 0.389. The summed E-state index contributed by atoms with van der Waals surface area (Å²) in [7, 11) is 0. The van der Waals surface area contributed by atoms with Crippen molar-refractivity contribution in [2.75, 3.05) is 36.0 Å². The highest BCUT2D eigenvalue weighted by Crippen LogP contribution is 2.28. The van der Waals surface area contributed by atoms with Crippen molar-refractivity contribution in [1.29, 1.82) is 0 Å². The Kier molecular flexibility index (Phi) is 4.40. The number of hydrogen-bond acceptors (Lipinski definition) is 7. The van der Waals surface area contributed by atoms with Crippen LogP contribution >= 0.6 is 11.3 Å². The number of anilines is 2. The number of benzene rings is 1. The highest BCUT2D eigenvalue weighted by Gasteiger charge is 2.19. The van der Waals surface area contributed by atoms with Gasteiger partial charge in [-0.05, 0) is 32.0 Å². The Morgan fingerprint density at radius 1 is 1.04 bits per heavy atom. The molecule has 6 nitrogen and oxygen atoms in total. The van der Waals surface area contributed by atoms with Gasteiger partial charge < -0.3 is 14.5 Å². The van der Waals surface area contributed by atoms with Crippen molar-refractivity contribution in [3.63, 3.8) is 0 Å². The van der Waals surface area contributed by atoms with Crippen molar-refractivity contribution >= 4 is 33.1 Å². The van der Waals surface area contributed by atoms with E-state index in [0.29, 0.717) is 5.88 Å². The van der Waals surface area contributed by atoms with Crippen molar-refractivity contribution < 1.29 is 4.74 Å². The van der Waals surface area contributed by atoms with E-state index in [9.17, 15) is 0 Å². The van der Waals surface area contributed by atoms with Gasteiger partial charge in [-0.2, -0.15) is 0 Å². The zero-order valence-electron chi connectivity index (χ0n) is 14.4. The summed E-state index contributed by atoms with van der Waals surface area (Å²) in [4.78, 5) is 17.8. The molecule has 0 aliphatic carbocycles. The van der Waals surface area contributed by atoms with Crippen LogP contribution in [0.4, 0.5) is 10.8 Å². The summed E-state index contributed by atoms with van der Waals surface area (Å²) in [5.41, 5.74) is 2.10. The molecule has 0 N–H and O–H groups in total. The molecular weight excluding hydrogens is 334 g/mol. The molecule has 7 heteroatoms. The lowest BCUT2D eigenvalue weighted by Gasteiger charge is -2.36. The van der Waals surface area contributed by atoms with E-state index in [1.54, 1.807) is 17.7 Å². The van der Waals surface area contributed by atoms with E-state index in [2.05, 4.69) is 36.9 Å². The molecule has 0 atom stereocenters. The first-order chi connectivity index (χ1) is 12.2. The number of piperazine rings is 1. The van der Waals surface area contributed by atoms with Crippen LogP contribution in [0.2, 0.25) is 0 Å². The number of rotatable bonds is 4. The van der Waals surface area contributed by atoms with E-state index in [1.807, 2.05) is 31.5 Å². The molecule has 25 heavy (non-hydrogen) atoms.